The first kappa shape index (κ1) is 12.1. The van der Waals surface area contributed by atoms with Crippen LogP contribution < -0.4 is 10.2 Å². The molecule has 0 spiro atoms. The third-order valence-corrected chi connectivity index (χ3v) is 3.28. The van der Waals surface area contributed by atoms with E-state index in [2.05, 4.69) is 27.1 Å². The van der Waals surface area contributed by atoms with E-state index in [-0.39, 0.29) is 6.10 Å². The molecule has 0 amide bonds. The summed E-state index contributed by atoms with van der Waals surface area (Å²) in [6.07, 6.45) is 4.00. The fourth-order valence-electron chi connectivity index (χ4n) is 2.29. The van der Waals surface area contributed by atoms with Gasteiger partial charge >= 0.3 is 0 Å². The standard InChI is InChI=1S/C12H20N4O/c1-3-10-11(13-2)14-8-15-12(10)16-6-4-9(17)5-7-16/h8-9,17H,3-7H2,1-2H3,(H,13,14,15). The predicted molar refractivity (Wildman–Crippen MR) is 68.4 cm³/mol. The van der Waals surface area contributed by atoms with Crippen LogP contribution in [0.15, 0.2) is 6.33 Å². The van der Waals surface area contributed by atoms with Crippen LogP contribution in [0.4, 0.5) is 11.6 Å². The van der Waals surface area contributed by atoms with Gasteiger partial charge in [-0.05, 0) is 19.3 Å². The van der Waals surface area contributed by atoms with Gasteiger partial charge in [0, 0.05) is 25.7 Å². The quantitative estimate of drug-likeness (QED) is 0.821. The molecule has 2 heterocycles. The summed E-state index contributed by atoms with van der Waals surface area (Å²) in [4.78, 5) is 10.9. The van der Waals surface area contributed by atoms with Gasteiger partial charge in [-0.25, -0.2) is 9.97 Å². The van der Waals surface area contributed by atoms with E-state index in [0.717, 1.165) is 49.6 Å². The Hall–Kier alpha value is -1.36. The zero-order valence-electron chi connectivity index (χ0n) is 10.5. The summed E-state index contributed by atoms with van der Waals surface area (Å²) in [5, 5.41) is 12.6. The molecule has 5 heteroatoms. The highest BCUT2D eigenvalue weighted by atomic mass is 16.3. The van der Waals surface area contributed by atoms with Gasteiger partial charge in [0.1, 0.15) is 18.0 Å². The van der Waals surface area contributed by atoms with Crippen LogP contribution in [-0.4, -0.2) is 41.3 Å². The molecule has 1 aromatic rings. The maximum Gasteiger partial charge on any atom is 0.137 e. The SMILES string of the molecule is CCc1c(NC)ncnc1N1CCC(O)CC1. The Morgan fingerprint density at radius 2 is 2.12 bits per heavy atom. The third-order valence-electron chi connectivity index (χ3n) is 3.28. The molecule has 94 valence electrons. The number of piperidine rings is 1. The lowest BCUT2D eigenvalue weighted by atomic mass is 10.1. The van der Waals surface area contributed by atoms with Gasteiger partial charge in [0.2, 0.25) is 0 Å². The van der Waals surface area contributed by atoms with Crippen molar-refractivity contribution in [3.8, 4) is 0 Å². The van der Waals surface area contributed by atoms with Crippen molar-refractivity contribution in [2.45, 2.75) is 32.3 Å². The van der Waals surface area contributed by atoms with Gasteiger partial charge < -0.3 is 15.3 Å². The molecule has 1 aliphatic heterocycles. The minimum atomic E-state index is -0.151. The molecular formula is C12H20N4O. The zero-order chi connectivity index (χ0) is 12.3. The zero-order valence-corrected chi connectivity index (χ0v) is 10.5. The third kappa shape index (κ3) is 2.49. The Kier molecular flexibility index (Phi) is 3.78. The summed E-state index contributed by atoms with van der Waals surface area (Å²) in [5.41, 5.74) is 1.16. The van der Waals surface area contributed by atoms with Crippen molar-refractivity contribution in [2.75, 3.05) is 30.4 Å². The lowest BCUT2D eigenvalue weighted by Crippen LogP contribution is -2.37. The largest absolute Gasteiger partial charge is 0.393 e. The summed E-state index contributed by atoms with van der Waals surface area (Å²) in [6.45, 7) is 3.85. The lowest BCUT2D eigenvalue weighted by Gasteiger charge is -2.32. The second-order valence-corrected chi connectivity index (χ2v) is 4.35. The average molecular weight is 236 g/mol. The van der Waals surface area contributed by atoms with Crippen molar-refractivity contribution in [2.24, 2.45) is 0 Å². The van der Waals surface area contributed by atoms with Gasteiger partial charge in [-0.3, -0.25) is 0 Å². The molecule has 5 nitrogen and oxygen atoms in total. The van der Waals surface area contributed by atoms with Crippen LogP contribution in [0.3, 0.4) is 0 Å². The Bertz CT molecular complexity index is 375. The van der Waals surface area contributed by atoms with Crippen LogP contribution in [0, 0.1) is 0 Å². The predicted octanol–water partition coefficient (Wildman–Crippen LogP) is 1.04. The van der Waals surface area contributed by atoms with E-state index in [1.54, 1.807) is 6.33 Å². The fourth-order valence-corrected chi connectivity index (χ4v) is 2.29. The topological polar surface area (TPSA) is 61.3 Å². The van der Waals surface area contributed by atoms with E-state index in [0.29, 0.717) is 0 Å². The van der Waals surface area contributed by atoms with Gasteiger partial charge in [-0.15, -0.1) is 0 Å². The summed E-state index contributed by atoms with van der Waals surface area (Å²) < 4.78 is 0. The van der Waals surface area contributed by atoms with Crippen molar-refractivity contribution in [1.82, 2.24) is 9.97 Å². The van der Waals surface area contributed by atoms with Crippen LogP contribution >= 0.6 is 0 Å². The summed E-state index contributed by atoms with van der Waals surface area (Å²) >= 11 is 0. The van der Waals surface area contributed by atoms with Crippen LogP contribution in [0.25, 0.3) is 0 Å². The molecule has 1 fully saturated rings. The monoisotopic (exact) mass is 236 g/mol. The highest BCUT2D eigenvalue weighted by Crippen LogP contribution is 2.26. The van der Waals surface area contributed by atoms with Crippen molar-refractivity contribution >= 4 is 11.6 Å². The Morgan fingerprint density at radius 1 is 1.41 bits per heavy atom. The maximum absolute atomic E-state index is 9.53. The summed E-state index contributed by atoms with van der Waals surface area (Å²) in [7, 11) is 1.88. The average Bonchev–Trinajstić information content (AvgIpc) is 2.38. The number of aliphatic hydroxyl groups excluding tert-OH is 1. The highest BCUT2D eigenvalue weighted by Gasteiger charge is 2.21. The highest BCUT2D eigenvalue weighted by molar-refractivity contribution is 5.58. The van der Waals surface area contributed by atoms with E-state index in [1.165, 1.54) is 0 Å². The molecule has 0 radical (unpaired) electrons. The van der Waals surface area contributed by atoms with Crippen LogP contribution in [-0.2, 0) is 6.42 Å². The first-order chi connectivity index (χ1) is 8.26. The minimum absolute atomic E-state index is 0.151. The number of hydrogen-bond donors (Lipinski definition) is 2. The second kappa shape index (κ2) is 5.31. The fraction of sp³-hybridized carbons (Fsp3) is 0.667. The summed E-state index contributed by atoms with van der Waals surface area (Å²) in [5.74, 6) is 1.92. The van der Waals surface area contributed by atoms with Gasteiger partial charge in [0.05, 0.1) is 6.10 Å². The first-order valence-corrected chi connectivity index (χ1v) is 6.21. The van der Waals surface area contributed by atoms with Gasteiger partial charge in [-0.1, -0.05) is 6.92 Å². The maximum atomic E-state index is 9.53. The molecule has 0 unspecified atom stereocenters. The lowest BCUT2D eigenvalue weighted by molar-refractivity contribution is 0.145. The molecule has 1 saturated heterocycles. The molecule has 0 aromatic carbocycles. The summed E-state index contributed by atoms with van der Waals surface area (Å²) in [6, 6.07) is 0. The number of nitrogens with one attached hydrogen (secondary N) is 1. The van der Waals surface area contributed by atoms with Crippen LogP contribution in [0.5, 0.6) is 0 Å². The number of hydrogen-bond acceptors (Lipinski definition) is 5. The first-order valence-electron chi connectivity index (χ1n) is 6.21. The Balaban J connectivity index is 2.25. The Morgan fingerprint density at radius 3 is 2.71 bits per heavy atom. The van der Waals surface area contributed by atoms with Crippen molar-refractivity contribution in [3.05, 3.63) is 11.9 Å². The van der Waals surface area contributed by atoms with E-state index < -0.39 is 0 Å². The van der Waals surface area contributed by atoms with E-state index in [4.69, 9.17) is 0 Å². The number of rotatable bonds is 3. The van der Waals surface area contributed by atoms with Gasteiger partial charge in [0.15, 0.2) is 0 Å². The molecule has 1 aliphatic rings. The number of aliphatic hydroxyl groups is 1. The molecule has 1 aromatic heterocycles. The number of anilines is 2. The smallest absolute Gasteiger partial charge is 0.137 e. The molecule has 0 bridgehead atoms. The molecular weight excluding hydrogens is 216 g/mol. The van der Waals surface area contributed by atoms with E-state index >= 15 is 0 Å². The molecule has 2 N–H and O–H groups in total. The Labute approximate surface area is 102 Å². The van der Waals surface area contributed by atoms with Crippen molar-refractivity contribution in [1.29, 1.82) is 0 Å². The van der Waals surface area contributed by atoms with Crippen molar-refractivity contribution in [3.63, 3.8) is 0 Å². The molecule has 0 saturated carbocycles. The second-order valence-electron chi connectivity index (χ2n) is 4.35. The normalized spacial score (nSPS) is 17.2. The van der Waals surface area contributed by atoms with E-state index in [9.17, 15) is 5.11 Å². The van der Waals surface area contributed by atoms with Crippen LogP contribution in [0.1, 0.15) is 25.3 Å². The molecule has 0 atom stereocenters. The molecule has 17 heavy (non-hydrogen) atoms. The number of aromatic nitrogens is 2. The number of nitrogens with zero attached hydrogens (tertiary/aromatic N) is 3. The van der Waals surface area contributed by atoms with Crippen LogP contribution in [0.2, 0.25) is 0 Å². The van der Waals surface area contributed by atoms with Gasteiger partial charge in [0.25, 0.3) is 0 Å². The molecule has 2 rings (SSSR count). The molecule has 0 aliphatic carbocycles. The van der Waals surface area contributed by atoms with Gasteiger partial charge in [-0.2, -0.15) is 0 Å². The van der Waals surface area contributed by atoms with Crippen molar-refractivity contribution < 1.29 is 5.11 Å². The minimum Gasteiger partial charge on any atom is -0.393 e. The van der Waals surface area contributed by atoms with E-state index in [1.807, 2.05) is 7.05 Å².